The number of hydrogen-bond donors (Lipinski definition) is 1. The van der Waals surface area contributed by atoms with Crippen LogP contribution in [-0.4, -0.2) is 56.6 Å². The van der Waals surface area contributed by atoms with Gasteiger partial charge in [0.05, 0.1) is 36.3 Å². The van der Waals surface area contributed by atoms with Crippen molar-refractivity contribution >= 4 is 22.9 Å². The van der Waals surface area contributed by atoms with Crippen LogP contribution in [0.4, 0.5) is 15.8 Å². The summed E-state index contributed by atoms with van der Waals surface area (Å²) in [7, 11) is 0. The molecule has 4 aromatic rings. The number of imidazole rings is 1. The summed E-state index contributed by atoms with van der Waals surface area (Å²) in [5.41, 5.74) is 4.13. The standard InChI is InChI=1S/C25H28FN7O2/c1-16-5-6-17(24(34)29-20-15-28-33(22(20)26)25(2,3)4)13-18(16)19-14-21(31-9-11-35-12-10-31)23-27-7-8-32(23)30-19/h5-8,13-15H,9-12H2,1-4H3,(H,29,34). The van der Waals surface area contributed by atoms with Gasteiger partial charge in [0, 0.05) is 36.6 Å². The Morgan fingerprint density at radius 1 is 1.17 bits per heavy atom. The molecular formula is C25H28FN7O2. The molecule has 182 valence electrons. The van der Waals surface area contributed by atoms with Crippen LogP contribution in [0.5, 0.6) is 0 Å². The Bertz CT molecular complexity index is 1400. The van der Waals surface area contributed by atoms with Gasteiger partial charge in [0.15, 0.2) is 5.65 Å². The Morgan fingerprint density at radius 2 is 1.94 bits per heavy atom. The van der Waals surface area contributed by atoms with Crippen molar-refractivity contribution in [2.75, 3.05) is 36.5 Å². The van der Waals surface area contributed by atoms with Crippen molar-refractivity contribution < 1.29 is 13.9 Å². The summed E-state index contributed by atoms with van der Waals surface area (Å²) in [5.74, 6) is -1.00. The average molecular weight is 478 g/mol. The summed E-state index contributed by atoms with van der Waals surface area (Å²) in [4.78, 5) is 19.7. The third-order valence-electron chi connectivity index (χ3n) is 6.06. The number of rotatable bonds is 4. The summed E-state index contributed by atoms with van der Waals surface area (Å²) >= 11 is 0. The molecular weight excluding hydrogens is 449 g/mol. The number of amides is 1. The van der Waals surface area contributed by atoms with Gasteiger partial charge in [-0.1, -0.05) is 6.07 Å². The second-order valence-corrected chi connectivity index (χ2v) is 9.63. The number of carbonyl (C=O) groups excluding carboxylic acids is 1. The van der Waals surface area contributed by atoms with E-state index in [0.29, 0.717) is 18.8 Å². The van der Waals surface area contributed by atoms with Crippen LogP contribution in [-0.2, 0) is 10.3 Å². The SMILES string of the molecule is Cc1ccc(C(=O)Nc2cnn(C(C)(C)C)c2F)cc1-c1cc(N2CCOCC2)c2nccn2n1. The molecule has 3 aromatic heterocycles. The largest absolute Gasteiger partial charge is 0.378 e. The highest BCUT2D eigenvalue weighted by molar-refractivity contribution is 6.05. The number of morpholine rings is 1. The highest BCUT2D eigenvalue weighted by atomic mass is 19.1. The number of anilines is 2. The van der Waals surface area contributed by atoms with Crippen molar-refractivity contribution in [3.63, 3.8) is 0 Å². The lowest BCUT2D eigenvalue weighted by molar-refractivity contribution is 0.102. The highest BCUT2D eigenvalue weighted by Gasteiger charge is 2.23. The quantitative estimate of drug-likeness (QED) is 0.480. The molecule has 35 heavy (non-hydrogen) atoms. The number of aromatic nitrogens is 5. The summed E-state index contributed by atoms with van der Waals surface area (Å²) < 4.78 is 23.3. The predicted molar refractivity (Wildman–Crippen MR) is 131 cm³/mol. The van der Waals surface area contributed by atoms with Crippen LogP contribution >= 0.6 is 0 Å². The normalized spacial score (nSPS) is 14.5. The molecule has 5 rings (SSSR count). The molecule has 0 radical (unpaired) electrons. The molecule has 1 amide bonds. The van der Waals surface area contributed by atoms with E-state index in [1.807, 2.05) is 46.0 Å². The van der Waals surface area contributed by atoms with E-state index in [0.717, 1.165) is 41.2 Å². The first-order valence-corrected chi connectivity index (χ1v) is 11.6. The third kappa shape index (κ3) is 4.37. The van der Waals surface area contributed by atoms with Gasteiger partial charge in [0.25, 0.3) is 5.91 Å². The molecule has 1 aliphatic rings. The van der Waals surface area contributed by atoms with E-state index in [-0.39, 0.29) is 5.69 Å². The lowest BCUT2D eigenvalue weighted by atomic mass is 10.0. The molecule has 10 heteroatoms. The lowest BCUT2D eigenvalue weighted by Crippen LogP contribution is -2.36. The van der Waals surface area contributed by atoms with Crippen LogP contribution in [0, 0.1) is 12.9 Å². The highest BCUT2D eigenvalue weighted by Crippen LogP contribution is 2.30. The number of benzene rings is 1. The fraction of sp³-hybridized carbons (Fsp3) is 0.360. The minimum Gasteiger partial charge on any atom is -0.378 e. The molecule has 1 aliphatic heterocycles. The zero-order valence-corrected chi connectivity index (χ0v) is 20.2. The first kappa shape index (κ1) is 23.0. The summed E-state index contributed by atoms with van der Waals surface area (Å²) in [5, 5.41) is 11.5. The van der Waals surface area contributed by atoms with Crippen LogP contribution < -0.4 is 10.2 Å². The first-order chi connectivity index (χ1) is 16.7. The van der Waals surface area contributed by atoms with Gasteiger partial charge in [0.2, 0.25) is 5.95 Å². The van der Waals surface area contributed by atoms with Crippen LogP contribution in [0.2, 0.25) is 0 Å². The van der Waals surface area contributed by atoms with E-state index in [2.05, 4.69) is 20.3 Å². The number of hydrogen-bond acceptors (Lipinski definition) is 6. The van der Waals surface area contributed by atoms with Gasteiger partial charge in [-0.15, -0.1) is 0 Å². The minimum absolute atomic E-state index is 0.0413. The third-order valence-corrected chi connectivity index (χ3v) is 6.06. The number of nitrogens with one attached hydrogen (secondary N) is 1. The first-order valence-electron chi connectivity index (χ1n) is 11.6. The monoisotopic (exact) mass is 477 g/mol. The maximum absolute atomic E-state index is 14.8. The number of nitrogens with zero attached hydrogens (tertiary/aromatic N) is 6. The Hall–Kier alpha value is -3.79. The Morgan fingerprint density at radius 3 is 2.66 bits per heavy atom. The van der Waals surface area contributed by atoms with Crippen molar-refractivity contribution in [1.29, 1.82) is 0 Å². The second-order valence-electron chi connectivity index (χ2n) is 9.63. The van der Waals surface area contributed by atoms with Crippen LogP contribution in [0.3, 0.4) is 0 Å². The lowest BCUT2D eigenvalue weighted by Gasteiger charge is -2.29. The van der Waals surface area contributed by atoms with Gasteiger partial charge in [-0.25, -0.2) is 14.2 Å². The Kier molecular flexibility index (Phi) is 5.76. The van der Waals surface area contributed by atoms with Gasteiger partial charge in [-0.05, 0) is 51.5 Å². The number of carbonyl (C=O) groups is 1. The van der Waals surface area contributed by atoms with Gasteiger partial charge in [0.1, 0.15) is 5.69 Å². The van der Waals surface area contributed by atoms with E-state index >= 15 is 0 Å². The minimum atomic E-state index is -0.583. The molecule has 0 unspecified atom stereocenters. The van der Waals surface area contributed by atoms with E-state index < -0.39 is 17.4 Å². The maximum atomic E-state index is 14.8. The van der Waals surface area contributed by atoms with Gasteiger partial charge in [-0.3, -0.25) is 4.79 Å². The smallest absolute Gasteiger partial charge is 0.255 e. The van der Waals surface area contributed by atoms with Crippen molar-refractivity contribution in [2.45, 2.75) is 33.2 Å². The molecule has 9 nitrogen and oxygen atoms in total. The van der Waals surface area contributed by atoms with E-state index in [4.69, 9.17) is 9.84 Å². The predicted octanol–water partition coefficient (Wildman–Crippen LogP) is 3.88. The summed E-state index contributed by atoms with van der Waals surface area (Å²) in [6, 6.07) is 7.38. The molecule has 0 aliphatic carbocycles. The van der Waals surface area contributed by atoms with E-state index in [1.54, 1.807) is 22.8 Å². The maximum Gasteiger partial charge on any atom is 0.255 e. The molecule has 1 saturated heterocycles. The number of fused-ring (bicyclic) bond motifs is 1. The molecule has 1 fully saturated rings. The van der Waals surface area contributed by atoms with Gasteiger partial charge >= 0.3 is 0 Å². The molecule has 4 heterocycles. The van der Waals surface area contributed by atoms with Gasteiger partial charge in [-0.2, -0.15) is 14.6 Å². The zero-order chi connectivity index (χ0) is 24.7. The molecule has 1 N–H and O–H groups in total. The van der Waals surface area contributed by atoms with Gasteiger partial charge < -0.3 is 15.0 Å². The average Bonchev–Trinajstić information content (AvgIpc) is 3.45. The number of ether oxygens (including phenoxy) is 1. The van der Waals surface area contributed by atoms with Crippen LogP contribution in [0.1, 0.15) is 36.7 Å². The van der Waals surface area contributed by atoms with E-state index in [9.17, 15) is 9.18 Å². The van der Waals surface area contributed by atoms with Crippen molar-refractivity contribution in [1.82, 2.24) is 24.4 Å². The number of halogens is 1. The van der Waals surface area contributed by atoms with Crippen molar-refractivity contribution in [2.24, 2.45) is 0 Å². The molecule has 0 spiro atoms. The summed E-state index contributed by atoms with van der Waals surface area (Å²) in [6.07, 6.45) is 4.86. The van der Waals surface area contributed by atoms with Crippen LogP contribution in [0.25, 0.3) is 16.9 Å². The summed E-state index contributed by atoms with van der Waals surface area (Å²) in [6.45, 7) is 10.3. The second kappa shape index (κ2) is 8.77. The van der Waals surface area contributed by atoms with Crippen molar-refractivity contribution in [3.8, 4) is 11.3 Å². The van der Waals surface area contributed by atoms with E-state index in [1.165, 1.54) is 10.9 Å². The molecule has 0 bridgehead atoms. The Labute approximate surface area is 202 Å². The van der Waals surface area contributed by atoms with Crippen LogP contribution in [0.15, 0.2) is 42.9 Å². The fourth-order valence-corrected chi connectivity index (χ4v) is 4.19. The molecule has 0 saturated carbocycles. The fourth-order valence-electron chi connectivity index (χ4n) is 4.19. The molecule has 0 atom stereocenters. The zero-order valence-electron chi connectivity index (χ0n) is 20.2. The number of aryl methyl sites for hydroxylation is 1. The molecule has 1 aromatic carbocycles. The Balaban J connectivity index is 1.49. The van der Waals surface area contributed by atoms with Crippen molar-refractivity contribution in [3.05, 3.63) is 59.9 Å². The topological polar surface area (TPSA) is 89.6 Å².